The first-order valence-corrected chi connectivity index (χ1v) is 7.09. The maximum atomic E-state index is 4.42. The highest BCUT2D eigenvalue weighted by Crippen LogP contribution is 2.11. The van der Waals surface area contributed by atoms with Crippen molar-refractivity contribution in [1.82, 2.24) is 9.78 Å². The Balaban J connectivity index is 2.21. The Morgan fingerprint density at radius 1 is 1.06 bits per heavy atom. The average molecular weight is 236 g/mol. The summed E-state index contributed by atoms with van der Waals surface area (Å²) in [6, 6.07) is 0. The van der Waals surface area contributed by atoms with Crippen molar-refractivity contribution in [3.05, 3.63) is 18.0 Å². The molecule has 0 aliphatic heterocycles. The second-order valence-electron chi connectivity index (χ2n) is 5.93. The summed E-state index contributed by atoms with van der Waals surface area (Å²) in [4.78, 5) is 0. The van der Waals surface area contributed by atoms with E-state index in [-0.39, 0.29) is 0 Å². The van der Waals surface area contributed by atoms with Crippen LogP contribution in [0.3, 0.4) is 0 Å². The van der Waals surface area contributed by atoms with Crippen molar-refractivity contribution in [3.63, 3.8) is 0 Å². The average Bonchev–Trinajstić information content (AvgIpc) is 2.69. The van der Waals surface area contributed by atoms with Crippen LogP contribution in [0.1, 0.15) is 58.9 Å². The summed E-state index contributed by atoms with van der Waals surface area (Å²) in [5.41, 5.74) is 1.40. The highest BCUT2D eigenvalue weighted by atomic mass is 15.3. The summed E-state index contributed by atoms with van der Waals surface area (Å²) in [5.74, 6) is 1.59. The first kappa shape index (κ1) is 14.3. The van der Waals surface area contributed by atoms with E-state index >= 15 is 0 Å². The molecule has 1 aromatic rings. The maximum Gasteiger partial charge on any atom is 0.0521 e. The van der Waals surface area contributed by atoms with Gasteiger partial charge in [-0.1, -0.05) is 40.5 Å². The van der Waals surface area contributed by atoms with E-state index in [1.54, 1.807) is 0 Å². The van der Waals surface area contributed by atoms with Gasteiger partial charge in [-0.25, -0.2) is 0 Å². The van der Waals surface area contributed by atoms with Gasteiger partial charge in [0, 0.05) is 12.7 Å². The van der Waals surface area contributed by atoms with Crippen LogP contribution in [0.15, 0.2) is 12.4 Å². The largest absolute Gasteiger partial charge is 0.272 e. The van der Waals surface area contributed by atoms with Gasteiger partial charge in [-0.05, 0) is 36.7 Å². The highest BCUT2D eigenvalue weighted by molar-refractivity contribution is 5.03. The van der Waals surface area contributed by atoms with Crippen LogP contribution in [-0.4, -0.2) is 9.78 Å². The van der Waals surface area contributed by atoms with Crippen molar-refractivity contribution in [1.29, 1.82) is 0 Å². The number of aromatic nitrogens is 2. The third kappa shape index (κ3) is 6.50. The Labute approximate surface area is 106 Å². The quantitative estimate of drug-likeness (QED) is 0.615. The summed E-state index contributed by atoms with van der Waals surface area (Å²) >= 11 is 0. The van der Waals surface area contributed by atoms with Gasteiger partial charge in [0.05, 0.1) is 6.20 Å². The summed E-state index contributed by atoms with van der Waals surface area (Å²) in [6.45, 7) is 10.2. The number of aryl methyl sites for hydroxylation is 2. The van der Waals surface area contributed by atoms with Gasteiger partial charge >= 0.3 is 0 Å². The van der Waals surface area contributed by atoms with Crippen molar-refractivity contribution >= 4 is 0 Å². The topological polar surface area (TPSA) is 17.8 Å². The molecular weight excluding hydrogens is 208 g/mol. The van der Waals surface area contributed by atoms with Crippen molar-refractivity contribution < 1.29 is 0 Å². The lowest BCUT2D eigenvalue weighted by molar-refractivity contribution is 0.487. The lowest BCUT2D eigenvalue weighted by Crippen LogP contribution is -2.01. The first-order valence-electron chi connectivity index (χ1n) is 7.09. The molecule has 0 spiro atoms. The first-order chi connectivity index (χ1) is 8.08. The Morgan fingerprint density at radius 2 is 1.76 bits per heavy atom. The van der Waals surface area contributed by atoms with Crippen LogP contribution in [-0.2, 0) is 13.0 Å². The zero-order valence-corrected chi connectivity index (χ0v) is 11.9. The summed E-state index contributed by atoms with van der Waals surface area (Å²) in [6.07, 6.45) is 10.7. The second kappa shape index (κ2) is 7.52. The molecule has 0 atom stereocenters. The highest BCUT2D eigenvalue weighted by Gasteiger charge is 2.01. The lowest BCUT2D eigenvalue weighted by atomic mass is 10.0. The number of nitrogens with zero attached hydrogens (tertiary/aromatic N) is 2. The lowest BCUT2D eigenvalue weighted by Gasteiger charge is -2.04. The van der Waals surface area contributed by atoms with Gasteiger partial charge in [0.25, 0.3) is 0 Å². The van der Waals surface area contributed by atoms with Crippen molar-refractivity contribution in [2.45, 2.75) is 66.3 Å². The zero-order chi connectivity index (χ0) is 12.7. The van der Waals surface area contributed by atoms with Gasteiger partial charge in [-0.15, -0.1) is 0 Å². The van der Waals surface area contributed by atoms with E-state index in [2.05, 4.69) is 43.7 Å². The summed E-state index contributed by atoms with van der Waals surface area (Å²) < 4.78 is 2.10. The van der Waals surface area contributed by atoms with Crippen LogP contribution in [0.2, 0.25) is 0 Å². The Hall–Kier alpha value is -0.790. The molecule has 1 heterocycles. The van der Waals surface area contributed by atoms with Crippen LogP contribution in [0.4, 0.5) is 0 Å². The molecule has 98 valence electrons. The molecule has 0 aromatic carbocycles. The smallest absolute Gasteiger partial charge is 0.0521 e. The number of rotatable bonds is 8. The fraction of sp³-hybridized carbons (Fsp3) is 0.800. The normalized spacial score (nSPS) is 11.6. The Morgan fingerprint density at radius 3 is 2.41 bits per heavy atom. The van der Waals surface area contributed by atoms with Crippen LogP contribution in [0, 0.1) is 11.8 Å². The van der Waals surface area contributed by atoms with E-state index in [0.717, 1.165) is 18.4 Å². The van der Waals surface area contributed by atoms with E-state index < -0.39 is 0 Å². The van der Waals surface area contributed by atoms with Gasteiger partial charge in [0.1, 0.15) is 0 Å². The second-order valence-corrected chi connectivity index (χ2v) is 5.93. The fourth-order valence-electron chi connectivity index (χ4n) is 1.93. The molecule has 1 rings (SSSR count). The molecule has 0 unspecified atom stereocenters. The van der Waals surface area contributed by atoms with E-state index in [1.807, 2.05) is 6.20 Å². The van der Waals surface area contributed by atoms with Crippen molar-refractivity contribution in [2.24, 2.45) is 11.8 Å². The van der Waals surface area contributed by atoms with E-state index in [1.165, 1.54) is 37.7 Å². The minimum atomic E-state index is 0.758. The molecular formula is C15H28N2. The third-order valence-corrected chi connectivity index (χ3v) is 3.12. The SMILES string of the molecule is CC(C)CCCCc1cnn(CCC(C)C)c1. The van der Waals surface area contributed by atoms with Gasteiger partial charge in [-0.3, -0.25) is 4.68 Å². The van der Waals surface area contributed by atoms with E-state index in [4.69, 9.17) is 0 Å². The van der Waals surface area contributed by atoms with Crippen LogP contribution < -0.4 is 0 Å². The molecule has 0 radical (unpaired) electrons. The molecule has 2 heteroatoms. The van der Waals surface area contributed by atoms with E-state index in [9.17, 15) is 0 Å². The van der Waals surface area contributed by atoms with Gasteiger partial charge < -0.3 is 0 Å². The predicted octanol–water partition coefficient (Wildman–Crippen LogP) is 4.30. The third-order valence-electron chi connectivity index (χ3n) is 3.12. The molecule has 0 fully saturated rings. The molecule has 0 aliphatic rings. The van der Waals surface area contributed by atoms with Gasteiger partial charge in [0.2, 0.25) is 0 Å². The summed E-state index contributed by atoms with van der Waals surface area (Å²) in [5, 5.41) is 4.42. The molecule has 0 saturated carbocycles. The Bertz CT molecular complexity index is 300. The predicted molar refractivity (Wildman–Crippen MR) is 74.1 cm³/mol. The van der Waals surface area contributed by atoms with Crippen LogP contribution >= 0.6 is 0 Å². The summed E-state index contributed by atoms with van der Waals surface area (Å²) in [7, 11) is 0. The molecule has 0 amide bonds. The molecule has 0 N–H and O–H groups in total. The number of hydrogen-bond donors (Lipinski definition) is 0. The monoisotopic (exact) mass is 236 g/mol. The van der Waals surface area contributed by atoms with Gasteiger partial charge in [-0.2, -0.15) is 5.10 Å². The molecule has 0 bridgehead atoms. The standard InChI is InChI=1S/C15H28N2/c1-13(2)7-5-6-8-15-11-16-17(12-15)10-9-14(3)4/h11-14H,5-10H2,1-4H3. The minimum Gasteiger partial charge on any atom is -0.272 e. The Kier molecular flexibility index (Phi) is 6.31. The number of hydrogen-bond acceptors (Lipinski definition) is 1. The fourth-order valence-corrected chi connectivity index (χ4v) is 1.93. The van der Waals surface area contributed by atoms with E-state index in [0.29, 0.717) is 0 Å². The van der Waals surface area contributed by atoms with Gasteiger partial charge in [0.15, 0.2) is 0 Å². The van der Waals surface area contributed by atoms with Crippen molar-refractivity contribution in [2.75, 3.05) is 0 Å². The number of unbranched alkanes of at least 4 members (excludes halogenated alkanes) is 1. The van der Waals surface area contributed by atoms with Crippen LogP contribution in [0.25, 0.3) is 0 Å². The van der Waals surface area contributed by atoms with Crippen molar-refractivity contribution in [3.8, 4) is 0 Å². The molecule has 0 saturated heterocycles. The maximum absolute atomic E-state index is 4.42. The molecule has 0 aliphatic carbocycles. The van der Waals surface area contributed by atoms with Crippen LogP contribution in [0.5, 0.6) is 0 Å². The minimum absolute atomic E-state index is 0.758. The molecule has 17 heavy (non-hydrogen) atoms. The molecule has 1 aromatic heterocycles. The molecule has 2 nitrogen and oxygen atoms in total. The zero-order valence-electron chi connectivity index (χ0n) is 11.9.